The van der Waals surface area contributed by atoms with Crippen LogP contribution in [0.5, 0.6) is 11.5 Å². The van der Waals surface area contributed by atoms with Crippen LogP contribution in [-0.4, -0.2) is 15.1 Å². The molecule has 5 rings (SSSR count). The van der Waals surface area contributed by atoms with Gasteiger partial charge in [0.25, 0.3) is 0 Å². The Kier molecular flexibility index (Phi) is 5.60. The van der Waals surface area contributed by atoms with E-state index in [9.17, 15) is 0 Å². The first-order valence-corrected chi connectivity index (χ1v) is 11.4. The van der Waals surface area contributed by atoms with Gasteiger partial charge >= 0.3 is 0 Å². The number of ether oxygens (including phenoxy) is 1. The average Bonchev–Trinajstić information content (AvgIpc) is 3.34. The van der Waals surface area contributed by atoms with E-state index in [0.717, 1.165) is 39.8 Å². The molecule has 0 spiro atoms. The number of hydrogen-bond acceptors (Lipinski definition) is 3. The Morgan fingerprint density at radius 1 is 0.939 bits per heavy atom. The Bertz CT molecular complexity index is 1280. The molecule has 0 bridgehead atoms. The van der Waals surface area contributed by atoms with Crippen molar-refractivity contribution in [2.45, 2.75) is 32.9 Å². The molecule has 1 fully saturated rings. The van der Waals surface area contributed by atoms with E-state index in [1.54, 1.807) is 0 Å². The number of para-hydroxylation sites is 1. The smallest absolute Gasteiger partial charge is 0.174 e. The fraction of sp³-hybridized carbons (Fsp3) is 0.185. The number of pyridine rings is 1. The van der Waals surface area contributed by atoms with Crippen LogP contribution >= 0.6 is 12.2 Å². The Morgan fingerprint density at radius 2 is 1.70 bits per heavy atom. The van der Waals surface area contributed by atoms with E-state index in [1.807, 2.05) is 67.7 Å². The van der Waals surface area contributed by atoms with Crippen LogP contribution < -0.4 is 15.0 Å². The Morgan fingerprint density at radius 3 is 2.36 bits per heavy atom. The SMILES string of the molecule is Cc1cc([C@@H]2[C@@H](c3ccccn3)NC(=S)N2c2ccc(Oc3ccccc3C)cc2)c(C)[nH]1. The third-order valence-electron chi connectivity index (χ3n) is 6.04. The predicted octanol–water partition coefficient (Wildman–Crippen LogP) is 6.30. The number of aryl methyl sites for hydroxylation is 3. The number of hydrogen-bond donors (Lipinski definition) is 2. The number of aromatic nitrogens is 2. The quantitative estimate of drug-likeness (QED) is 0.346. The highest BCUT2D eigenvalue weighted by Gasteiger charge is 2.41. The first kappa shape index (κ1) is 21.2. The number of benzene rings is 2. The highest BCUT2D eigenvalue weighted by molar-refractivity contribution is 7.80. The minimum atomic E-state index is -0.0597. The molecule has 3 heterocycles. The van der Waals surface area contributed by atoms with Crippen LogP contribution in [0.4, 0.5) is 5.69 Å². The molecular weight excluding hydrogens is 428 g/mol. The number of aromatic amines is 1. The lowest BCUT2D eigenvalue weighted by Crippen LogP contribution is -2.29. The van der Waals surface area contributed by atoms with E-state index in [-0.39, 0.29) is 12.1 Å². The molecule has 2 aromatic carbocycles. The van der Waals surface area contributed by atoms with Crippen molar-refractivity contribution in [1.29, 1.82) is 0 Å². The van der Waals surface area contributed by atoms with Gasteiger partial charge in [0.2, 0.25) is 0 Å². The summed E-state index contributed by atoms with van der Waals surface area (Å²) in [5.74, 6) is 1.65. The number of nitrogens with one attached hydrogen (secondary N) is 2. The Hall–Kier alpha value is -3.64. The zero-order valence-electron chi connectivity index (χ0n) is 18.9. The third kappa shape index (κ3) is 4.10. The second kappa shape index (κ2) is 8.71. The Labute approximate surface area is 199 Å². The maximum Gasteiger partial charge on any atom is 0.174 e. The third-order valence-corrected chi connectivity index (χ3v) is 6.36. The van der Waals surface area contributed by atoms with E-state index in [0.29, 0.717) is 5.11 Å². The van der Waals surface area contributed by atoms with E-state index < -0.39 is 0 Å². The molecule has 2 N–H and O–H groups in total. The van der Waals surface area contributed by atoms with Crippen molar-refractivity contribution >= 4 is 23.0 Å². The lowest BCUT2D eigenvalue weighted by Gasteiger charge is -2.28. The standard InChI is InChI=1S/C27H26N4OS/c1-17-8-4-5-10-24(17)32-21-13-11-20(12-14-21)31-26(22-16-18(2)29-19(22)3)25(30-27(31)33)23-9-6-7-15-28-23/h4-16,25-26,29H,1-3H3,(H,30,33)/t25-,26-/m1/s1. The summed E-state index contributed by atoms with van der Waals surface area (Å²) >= 11 is 5.83. The molecule has 166 valence electrons. The average molecular weight is 455 g/mol. The minimum Gasteiger partial charge on any atom is -0.457 e. The largest absolute Gasteiger partial charge is 0.457 e. The van der Waals surface area contributed by atoms with Crippen LogP contribution in [0.1, 0.15) is 40.3 Å². The van der Waals surface area contributed by atoms with Crippen molar-refractivity contribution in [1.82, 2.24) is 15.3 Å². The van der Waals surface area contributed by atoms with Crippen molar-refractivity contribution < 1.29 is 4.74 Å². The Balaban J connectivity index is 1.51. The molecule has 0 saturated carbocycles. The summed E-state index contributed by atoms with van der Waals surface area (Å²) in [6, 6.07) is 24.2. The van der Waals surface area contributed by atoms with Crippen LogP contribution in [0.3, 0.4) is 0 Å². The molecule has 1 aliphatic rings. The van der Waals surface area contributed by atoms with Gasteiger partial charge in [-0.15, -0.1) is 0 Å². The summed E-state index contributed by atoms with van der Waals surface area (Å²) in [7, 11) is 0. The van der Waals surface area contributed by atoms with Crippen molar-refractivity contribution in [2.24, 2.45) is 0 Å². The topological polar surface area (TPSA) is 53.2 Å². The highest BCUT2D eigenvalue weighted by Crippen LogP contribution is 2.43. The lowest BCUT2D eigenvalue weighted by atomic mass is 9.96. The van der Waals surface area contributed by atoms with E-state index in [4.69, 9.17) is 17.0 Å². The maximum absolute atomic E-state index is 6.10. The summed E-state index contributed by atoms with van der Waals surface area (Å²) in [6.45, 7) is 6.23. The van der Waals surface area contributed by atoms with Gasteiger partial charge in [-0.25, -0.2) is 0 Å². The fourth-order valence-corrected chi connectivity index (χ4v) is 4.82. The molecule has 33 heavy (non-hydrogen) atoms. The molecule has 4 aromatic rings. The van der Waals surface area contributed by atoms with E-state index >= 15 is 0 Å². The summed E-state index contributed by atoms with van der Waals surface area (Å²) in [5.41, 5.74) is 6.53. The second-order valence-electron chi connectivity index (χ2n) is 8.39. The first-order chi connectivity index (χ1) is 16.0. The number of thiocarbonyl (C=S) groups is 1. The zero-order valence-corrected chi connectivity index (χ0v) is 19.7. The van der Waals surface area contributed by atoms with Gasteiger partial charge in [0, 0.05) is 23.3 Å². The highest BCUT2D eigenvalue weighted by atomic mass is 32.1. The second-order valence-corrected chi connectivity index (χ2v) is 8.78. The van der Waals surface area contributed by atoms with Crippen LogP contribution in [0.2, 0.25) is 0 Å². The minimum absolute atomic E-state index is 0.0273. The molecule has 2 atom stereocenters. The van der Waals surface area contributed by atoms with Crippen LogP contribution in [-0.2, 0) is 0 Å². The number of H-pyrrole nitrogens is 1. The van der Waals surface area contributed by atoms with Gasteiger partial charge in [0.1, 0.15) is 11.5 Å². The van der Waals surface area contributed by atoms with Crippen LogP contribution in [0.25, 0.3) is 0 Å². The summed E-state index contributed by atoms with van der Waals surface area (Å²) in [5, 5.41) is 4.20. The fourth-order valence-electron chi connectivity index (χ4n) is 4.47. The predicted molar refractivity (Wildman–Crippen MR) is 136 cm³/mol. The summed E-state index contributed by atoms with van der Waals surface area (Å²) < 4.78 is 6.10. The van der Waals surface area contributed by atoms with E-state index in [1.165, 1.54) is 5.56 Å². The number of nitrogens with zero attached hydrogens (tertiary/aromatic N) is 2. The molecule has 5 nitrogen and oxygen atoms in total. The maximum atomic E-state index is 6.10. The molecule has 0 amide bonds. The molecule has 1 saturated heterocycles. The number of anilines is 1. The summed E-state index contributed by atoms with van der Waals surface area (Å²) in [6.07, 6.45) is 1.83. The summed E-state index contributed by atoms with van der Waals surface area (Å²) in [4.78, 5) is 10.3. The molecule has 2 aromatic heterocycles. The number of rotatable bonds is 5. The van der Waals surface area contributed by atoms with Crippen molar-refractivity contribution in [3.63, 3.8) is 0 Å². The zero-order chi connectivity index (χ0) is 22.9. The molecule has 0 radical (unpaired) electrons. The molecule has 1 aliphatic heterocycles. The van der Waals surface area contributed by atoms with Gasteiger partial charge < -0.3 is 19.9 Å². The van der Waals surface area contributed by atoms with Crippen molar-refractivity contribution in [3.8, 4) is 11.5 Å². The molecule has 0 unspecified atom stereocenters. The molecular formula is C27H26N4OS. The first-order valence-electron chi connectivity index (χ1n) is 11.0. The normalized spacial score (nSPS) is 17.8. The van der Waals surface area contributed by atoms with Crippen molar-refractivity contribution in [3.05, 3.63) is 107 Å². The monoisotopic (exact) mass is 454 g/mol. The van der Waals surface area contributed by atoms with Gasteiger partial charge in [-0.2, -0.15) is 0 Å². The van der Waals surface area contributed by atoms with Crippen LogP contribution in [0.15, 0.2) is 79.0 Å². The lowest BCUT2D eigenvalue weighted by molar-refractivity contribution is 0.479. The molecule has 6 heteroatoms. The van der Waals surface area contributed by atoms with Crippen molar-refractivity contribution in [2.75, 3.05) is 4.90 Å². The van der Waals surface area contributed by atoms with Gasteiger partial charge in [-0.1, -0.05) is 24.3 Å². The van der Waals surface area contributed by atoms with Gasteiger partial charge in [0.15, 0.2) is 5.11 Å². The van der Waals surface area contributed by atoms with E-state index in [2.05, 4.69) is 52.2 Å². The van der Waals surface area contributed by atoms with Crippen LogP contribution in [0, 0.1) is 20.8 Å². The van der Waals surface area contributed by atoms with Gasteiger partial charge in [0.05, 0.1) is 17.8 Å². The van der Waals surface area contributed by atoms with Gasteiger partial charge in [-0.3, -0.25) is 4.98 Å². The molecule has 0 aliphatic carbocycles. The van der Waals surface area contributed by atoms with Gasteiger partial charge in [-0.05, 0) is 92.6 Å².